The fourth-order valence-corrected chi connectivity index (χ4v) is 1.71. The Kier molecular flexibility index (Phi) is 2.93. The first-order valence-corrected chi connectivity index (χ1v) is 5.09. The van der Waals surface area contributed by atoms with E-state index in [1.165, 1.54) is 22.8 Å². The lowest BCUT2D eigenvalue weighted by Crippen LogP contribution is -2.10. The number of carbonyl (C=O) groups is 1. The van der Waals surface area contributed by atoms with Gasteiger partial charge in [0.2, 0.25) is 0 Å². The zero-order chi connectivity index (χ0) is 12.4. The van der Waals surface area contributed by atoms with Gasteiger partial charge in [-0.25, -0.2) is 0 Å². The largest absolute Gasteiger partial charge is 0.291 e. The summed E-state index contributed by atoms with van der Waals surface area (Å²) in [6.07, 6.45) is 3.11. The molecule has 5 nitrogen and oxygen atoms in total. The summed E-state index contributed by atoms with van der Waals surface area (Å²) in [7, 11) is 0. The van der Waals surface area contributed by atoms with E-state index in [0.29, 0.717) is 0 Å². The first kappa shape index (κ1) is 11.3. The van der Waals surface area contributed by atoms with Gasteiger partial charge in [-0.3, -0.25) is 19.5 Å². The van der Waals surface area contributed by atoms with E-state index in [1.807, 2.05) is 0 Å². The highest BCUT2D eigenvalue weighted by atomic mass is 35.5. The molecule has 17 heavy (non-hydrogen) atoms. The lowest BCUT2D eigenvalue weighted by Gasteiger charge is -2.04. The van der Waals surface area contributed by atoms with E-state index < -0.39 is 10.8 Å². The maximum absolute atomic E-state index is 12.0. The Hall–Kier alpha value is -2.14. The number of hydrogen-bond acceptors (Lipinski definition) is 3. The van der Waals surface area contributed by atoms with Crippen LogP contribution in [0.1, 0.15) is 10.4 Å². The number of aromatic nitrogens is 1. The van der Waals surface area contributed by atoms with Crippen LogP contribution in [0.3, 0.4) is 0 Å². The van der Waals surface area contributed by atoms with Crippen molar-refractivity contribution in [3.63, 3.8) is 0 Å². The molecule has 0 unspecified atom stereocenters. The van der Waals surface area contributed by atoms with E-state index in [-0.39, 0.29) is 16.3 Å². The van der Waals surface area contributed by atoms with E-state index in [9.17, 15) is 14.9 Å². The van der Waals surface area contributed by atoms with Gasteiger partial charge >= 0.3 is 0 Å². The van der Waals surface area contributed by atoms with Gasteiger partial charge in [0.15, 0.2) is 0 Å². The van der Waals surface area contributed by atoms with Crippen LogP contribution in [0.4, 0.5) is 5.69 Å². The molecule has 2 rings (SSSR count). The number of nitrogens with zero attached hydrogens (tertiary/aromatic N) is 2. The molecule has 0 bridgehead atoms. The van der Waals surface area contributed by atoms with Crippen molar-refractivity contribution in [3.8, 4) is 0 Å². The summed E-state index contributed by atoms with van der Waals surface area (Å²) in [4.78, 5) is 22.0. The molecular weight excluding hydrogens is 244 g/mol. The lowest BCUT2D eigenvalue weighted by atomic mass is 10.2. The molecule has 86 valence electrons. The molecule has 2 aromatic rings. The monoisotopic (exact) mass is 250 g/mol. The minimum absolute atomic E-state index is 0.108. The maximum atomic E-state index is 12.0. The normalized spacial score (nSPS) is 10.2. The van der Waals surface area contributed by atoms with Crippen molar-refractivity contribution in [1.29, 1.82) is 0 Å². The van der Waals surface area contributed by atoms with Crippen molar-refractivity contribution < 1.29 is 9.72 Å². The van der Waals surface area contributed by atoms with Crippen LogP contribution in [0, 0.1) is 10.1 Å². The SMILES string of the molecule is O=C(c1cccc([N+](=O)[O-])c1Cl)n1cccc1. The Morgan fingerprint density at radius 3 is 2.47 bits per heavy atom. The molecule has 0 saturated carbocycles. The van der Waals surface area contributed by atoms with Crippen molar-refractivity contribution in [2.75, 3.05) is 0 Å². The van der Waals surface area contributed by atoms with Crippen molar-refractivity contribution in [2.24, 2.45) is 0 Å². The molecule has 0 fully saturated rings. The molecule has 1 aromatic heterocycles. The molecule has 0 aliphatic heterocycles. The number of rotatable bonds is 2. The molecule has 0 radical (unpaired) electrons. The van der Waals surface area contributed by atoms with E-state index in [2.05, 4.69) is 0 Å². The van der Waals surface area contributed by atoms with Crippen LogP contribution in [0.2, 0.25) is 5.02 Å². The van der Waals surface area contributed by atoms with Gasteiger partial charge in [0.05, 0.1) is 10.5 Å². The second-order valence-electron chi connectivity index (χ2n) is 3.29. The fourth-order valence-electron chi connectivity index (χ4n) is 1.43. The topological polar surface area (TPSA) is 65.1 Å². The van der Waals surface area contributed by atoms with Crippen LogP contribution in [-0.4, -0.2) is 15.4 Å². The Labute approximate surface area is 101 Å². The van der Waals surface area contributed by atoms with Gasteiger partial charge in [0.1, 0.15) is 5.02 Å². The number of nitro benzene ring substituents is 1. The average Bonchev–Trinajstić information content (AvgIpc) is 2.81. The quantitative estimate of drug-likeness (QED) is 0.608. The second kappa shape index (κ2) is 4.39. The van der Waals surface area contributed by atoms with Crippen LogP contribution < -0.4 is 0 Å². The summed E-state index contributed by atoms with van der Waals surface area (Å²) in [6.45, 7) is 0. The minimum atomic E-state index is -0.616. The molecule has 1 aromatic carbocycles. The molecule has 6 heteroatoms. The second-order valence-corrected chi connectivity index (χ2v) is 3.67. The lowest BCUT2D eigenvalue weighted by molar-refractivity contribution is -0.384. The summed E-state index contributed by atoms with van der Waals surface area (Å²) < 4.78 is 1.31. The highest BCUT2D eigenvalue weighted by molar-refractivity contribution is 6.35. The zero-order valence-electron chi connectivity index (χ0n) is 8.54. The third-order valence-corrected chi connectivity index (χ3v) is 2.64. The van der Waals surface area contributed by atoms with Crippen LogP contribution in [-0.2, 0) is 0 Å². The Morgan fingerprint density at radius 1 is 1.24 bits per heavy atom. The van der Waals surface area contributed by atoms with Gasteiger partial charge in [-0.2, -0.15) is 0 Å². The third-order valence-electron chi connectivity index (χ3n) is 2.24. The first-order chi connectivity index (χ1) is 8.11. The number of hydrogen-bond donors (Lipinski definition) is 0. The number of carbonyl (C=O) groups excluding carboxylic acids is 1. The molecule has 0 saturated heterocycles. The summed E-state index contributed by atoms with van der Waals surface area (Å²) in [5.41, 5.74) is -0.165. The first-order valence-electron chi connectivity index (χ1n) is 4.72. The predicted octanol–water partition coefficient (Wildman–Crippen LogP) is 2.74. The van der Waals surface area contributed by atoms with Crippen LogP contribution in [0.5, 0.6) is 0 Å². The maximum Gasteiger partial charge on any atom is 0.288 e. The van der Waals surface area contributed by atoms with Gasteiger partial charge in [-0.05, 0) is 18.2 Å². The van der Waals surface area contributed by atoms with Crippen LogP contribution in [0.15, 0.2) is 42.7 Å². The minimum Gasteiger partial charge on any atom is -0.291 e. The summed E-state index contributed by atoms with van der Waals surface area (Å²) in [5, 5.41) is 10.5. The predicted molar refractivity (Wildman–Crippen MR) is 62.3 cm³/mol. The molecule has 0 spiro atoms. The summed E-state index contributed by atoms with van der Waals surface area (Å²) in [5.74, 6) is -0.399. The van der Waals surface area contributed by atoms with E-state index >= 15 is 0 Å². The van der Waals surface area contributed by atoms with Crippen LogP contribution >= 0.6 is 11.6 Å². The summed E-state index contributed by atoms with van der Waals surface area (Å²) >= 11 is 5.84. The van der Waals surface area contributed by atoms with Gasteiger partial charge in [-0.1, -0.05) is 17.7 Å². The molecule has 1 heterocycles. The van der Waals surface area contributed by atoms with Gasteiger partial charge < -0.3 is 0 Å². The Bertz CT molecular complexity index is 578. The standard InChI is InChI=1S/C11H7ClN2O3/c12-10-8(4-3-5-9(10)14(16)17)11(15)13-6-1-2-7-13/h1-7H. The van der Waals surface area contributed by atoms with Gasteiger partial charge in [0, 0.05) is 18.5 Å². The number of benzene rings is 1. The molecular formula is C11H7ClN2O3. The van der Waals surface area contributed by atoms with Crippen molar-refractivity contribution in [3.05, 3.63) is 63.4 Å². The molecule has 0 N–H and O–H groups in total. The zero-order valence-corrected chi connectivity index (χ0v) is 9.29. The average molecular weight is 251 g/mol. The van der Waals surface area contributed by atoms with Gasteiger partial charge in [-0.15, -0.1) is 0 Å². The number of halogens is 1. The highest BCUT2D eigenvalue weighted by Crippen LogP contribution is 2.28. The van der Waals surface area contributed by atoms with Crippen molar-refractivity contribution >= 4 is 23.2 Å². The molecule has 0 amide bonds. The van der Waals surface area contributed by atoms with Crippen molar-refractivity contribution in [2.45, 2.75) is 0 Å². The summed E-state index contributed by atoms with van der Waals surface area (Å²) in [6, 6.07) is 7.51. The molecule has 0 atom stereocenters. The Balaban J connectivity index is 2.50. The van der Waals surface area contributed by atoms with Gasteiger partial charge in [0.25, 0.3) is 11.6 Å². The number of nitro groups is 1. The Morgan fingerprint density at radius 2 is 1.88 bits per heavy atom. The van der Waals surface area contributed by atoms with E-state index in [1.54, 1.807) is 24.5 Å². The van der Waals surface area contributed by atoms with E-state index in [4.69, 9.17) is 11.6 Å². The highest BCUT2D eigenvalue weighted by Gasteiger charge is 2.20. The van der Waals surface area contributed by atoms with Crippen LogP contribution in [0.25, 0.3) is 0 Å². The van der Waals surface area contributed by atoms with E-state index in [0.717, 1.165) is 0 Å². The third kappa shape index (κ3) is 2.05. The van der Waals surface area contributed by atoms with Crippen molar-refractivity contribution in [1.82, 2.24) is 4.57 Å². The fraction of sp³-hybridized carbons (Fsp3) is 0. The molecule has 0 aliphatic carbocycles. The molecule has 0 aliphatic rings. The smallest absolute Gasteiger partial charge is 0.288 e.